The van der Waals surface area contributed by atoms with Crippen LogP contribution in [-0.2, 0) is 20.4 Å². The lowest BCUT2D eigenvalue weighted by Crippen LogP contribution is -2.38. The average Bonchev–Trinajstić information content (AvgIpc) is 3.37. The molecule has 4 nitrogen and oxygen atoms in total. The molecular weight excluding hydrogens is 420 g/mol. The van der Waals surface area contributed by atoms with Gasteiger partial charge in [0.2, 0.25) is 0 Å². The molecule has 2 spiro atoms. The van der Waals surface area contributed by atoms with Gasteiger partial charge in [-0.05, 0) is 55.9 Å². The molecule has 0 aromatic heterocycles. The van der Waals surface area contributed by atoms with Gasteiger partial charge in [-0.3, -0.25) is 4.79 Å². The molecule has 2 aliphatic heterocycles. The maximum atomic E-state index is 11.8. The Morgan fingerprint density at radius 2 is 1.47 bits per heavy atom. The number of anilines is 2. The predicted octanol–water partition coefficient (Wildman–Crippen LogP) is 6.59. The summed E-state index contributed by atoms with van der Waals surface area (Å²) in [7, 11) is 0. The van der Waals surface area contributed by atoms with Crippen LogP contribution >= 0.6 is 0 Å². The molecule has 0 unspecified atom stereocenters. The molecule has 6 rings (SSSR count). The summed E-state index contributed by atoms with van der Waals surface area (Å²) in [5.41, 5.74) is 6.43. The van der Waals surface area contributed by atoms with Gasteiger partial charge in [0, 0.05) is 35.3 Å². The van der Waals surface area contributed by atoms with Crippen molar-refractivity contribution in [3.05, 3.63) is 59.7 Å². The summed E-state index contributed by atoms with van der Waals surface area (Å²) in [5, 5.41) is 3.56. The van der Waals surface area contributed by atoms with Crippen molar-refractivity contribution in [2.24, 2.45) is 0 Å². The highest BCUT2D eigenvalue weighted by molar-refractivity contribution is 5.78. The Kier molecular flexibility index (Phi) is 6.85. The zero-order valence-corrected chi connectivity index (χ0v) is 20.8. The molecule has 2 aromatic carbocycles. The van der Waals surface area contributed by atoms with Crippen LogP contribution in [0.4, 0.5) is 11.4 Å². The van der Waals surface area contributed by atoms with Gasteiger partial charge in [-0.15, -0.1) is 0 Å². The van der Waals surface area contributed by atoms with Crippen molar-refractivity contribution in [3.8, 4) is 0 Å². The number of hydrogen-bond donors (Lipinski definition) is 1. The number of esters is 1. The molecule has 2 fully saturated rings. The number of nitrogens with zero attached hydrogens (tertiary/aromatic N) is 1. The molecule has 2 saturated carbocycles. The van der Waals surface area contributed by atoms with E-state index >= 15 is 0 Å². The lowest BCUT2D eigenvalue weighted by molar-refractivity contribution is -0.141. The van der Waals surface area contributed by atoms with Gasteiger partial charge in [0.05, 0.1) is 6.61 Å². The number of fused-ring (bicyclic) bond motifs is 4. The summed E-state index contributed by atoms with van der Waals surface area (Å²) in [6, 6.07) is 17.5. The molecule has 0 amide bonds. The van der Waals surface area contributed by atoms with Crippen molar-refractivity contribution in [2.75, 3.05) is 36.5 Å². The van der Waals surface area contributed by atoms with Crippen LogP contribution in [0.15, 0.2) is 48.5 Å². The monoisotopic (exact) mass is 460 g/mol. The first-order valence-electron chi connectivity index (χ1n) is 13.5. The molecule has 4 heteroatoms. The van der Waals surface area contributed by atoms with Crippen LogP contribution in [0.3, 0.4) is 0 Å². The second-order valence-electron chi connectivity index (χ2n) is 10.8. The summed E-state index contributed by atoms with van der Waals surface area (Å²) in [6.45, 7) is 4.85. The molecule has 34 heavy (non-hydrogen) atoms. The Bertz CT molecular complexity index is 983. The first kappa shape index (κ1) is 23.3. The molecule has 0 saturated heterocycles. The number of nitrogens with one attached hydrogen (secondary N) is 1. The van der Waals surface area contributed by atoms with E-state index in [1.165, 1.54) is 87.7 Å². The van der Waals surface area contributed by atoms with Gasteiger partial charge in [0.25, 0.3) is 0 Å². The molecule has 4 aliphatic rings. The maximum absolute atomic E-state index is 11.8. The van der Waals surface area contributed by atoms with E-state index in [2.05, 4.69) is 58.7 Å². The van der Waals surface area contributed by atoms with Crippen LogP contribution < -0.4 is 10.2 Å². The number of carbonyl (C=O) groups excluding carboxylic acids is 1. The lowest BCUT2D eigenvalue weighted by Gasteiger charge is -2.34. The van der Waals surface area contributed by atoms with Gasteiger partial charge < -0.3 is 15.0 Å². The third-order valence-electron chi connectivity index (χ3n) is 8.67. The van der Waals surface area contributed by atoms with Crippen LogP contribution in [0.5, 0.6) is 0 Å². The fourth-order valence-electron chi connectivity index (χ4n) is 7.03. The minimum atomic E-state index is -0.116. The van der Waals surface area contributed by atoms with Crippen molar-refractivity contribution in [2.45, 2.75) is 82.0 Å². The highest BCUT2D eigenvalue weighted by atomic mass is 16.5. The normalized spacial score (nSPS) is 21.3. The molecule has 1 N–H and O–H groups in total. The van der Waals surface area contributed by atoms with Crippen molar-refractivity contribution < 1.29 is 9.53 Å². The molecule has 0 radical (unpaired) electrons. The number of benzene rings is 2. The van der Waals surface area contributed by atoms with E-state index in [4.69, 9.17) is 4.74 Å². The standard InChI is InChI=1S/C17H23NO2.C13H17N/c1-2-20-16(19)12-18-13-17(10-6-3-7-11-17)14-8-4-5-9-15(14)18;1-4-8-13(9-5-1)10-14-12-7-3-2-6-11(12)13/h4-5,8-9H,2-3,6-7,10-13H2,1H3;2-3,6-7,14H,1,4-5,8-10H2. The van der Waals surface area contributed by atoms with Crippen LogP contribution in [0.25, 0.3) is 0 Å². The Labute approximate surface area is 205 Å². The first-order chi connectivity index (χ1) is 16.7. The Hall–Kier alpha value is -2.49. The van der Waals surface area contributed by atoms with Gasteiger partial charge in [-0.1, -0.05) is 74.9 Å². The topological polar surface area (TPSA) is 41.6 Å². The largest absolute Gasteiger partial charge is 0.465 e. The molecule has 2 aliphatic carbocycles. The highest BCUT2D eigenvalue weighted by Gasteiger charge is 2.43. The van der Waals surface area contributed by atoms with Crippen LogP contribution in [0.1, 0.15) is 82.3 Å². The Morgan fingerprint density at radius 1 is 0.853 bits per heavy atom. The van der Waals surface area contributed by atoms with Gasteiger partial charge in [-0.2, -0.15) is 0 Å². The van der Waals surface area contributed by atoms with E-state index in [-0.39, 0.29) is 11.4 Å². The van der Waals surface area contributed by atoms with E-state index in [1.54, 1.807) is 5.56 Å². The number of rotatable bonds is 3. The second kappa shape index (κ2) is 10.0. The zero-order valence-electron chi connectivity index (χ0n) is 20.8. The minimum Gasteiger partial charge on any atom is -0.465 e. The smallest absolute Gasteiger partial charge is 0.325 e. The van der Waals surface area contributed by atoms with Gasteiger partial charge in [0.15, 0.2) is 0 Å². The van der Waals surface area contributed by atoms with Crippen molar-refractivity contribution >= 4 is 17.3 Å². The summed E-state index contributed by atoms with van der Waals surface area (Å²) >= 11 is 0. The third-order valence-corrected chi connectivity index (χ3v) is 8.67. The van der Waals surface area contributed by atoms with Crippen molar-refractivity contribution in [3.63, 3.8) is 0 Å². The SMILES string of the molecule is CCOC(=O)CN1CC2(CCCCC2)c2ccccc21.c1ccc2c(c1)NCC21CCCCC1. The zero-order chi connectivity index (χ0) is 23.4. The molecule has 2 heterocycles. The van der Waals surface area contributed by atoms with E-state index in [1.807, 2.05) is 6.92 Å². The molecule has 182 valence electrons. The number of para-hydroxylation sites is 2. The average molecular weight is 461 g/mol. The Balaban J connectivity index is 0.000000150. The maximum Gasteiger partial charge on any atom is 0.325 e. The van der Waals surface area contributed by atoms with Crippen LogP contribution in [0.2, 0.25) is 0 Å². The third kappa shape index (κ3) is 4.44. The molecule has 2 aromatic rings. The van der Waals surface area contributed by atoms with Crippen LogP contribution in [0, 0.1) is 0 Å². The minimum absolute atomic E-state index is 0.116. The van der Waals surface area contributed by atoms with Gasteiger partial charge in [0.1, 0.15) is 6.54 Å². The summed E-state index contributed by atoms with van der Waals surface area (Å²) in [6.07, 6.45) is 13.5. The number of ether oxygens (including phenoxy) is 1. The van der Waals surface area contributed by atoms with E-state index in [0.717, 1.165) is 6.54 Å². The van der Waals surface area contributed by atoms with E-state index in [0.29, 0.717) is 18.6 Å². The predicted molar refractivity (Wildman–Crippen MR) is 140 cm³/mol. The fourth-order valence-corrected chi connectivity index (χ4v) is 7.03. The molecule has 0 atom stereocenters. The van der Waals surface area contributed by atoms with Gasteiger partial charge >= 0.3 is 5.97 Å². The van der Waals surface area contributed by atoms with Gasteiger partial charge in [-0.25, -0.2) is 0 Å². The first-order valence-corrected chi connectivity index (χ1v) is 13.5. The van der Waals surface area contributed by atoms with Crippen molar-refractivity contribution in [1.82, 2.24) is 0 Å². The lowest BCUT2D eigenvalue weighted by atomic mass is 9.71. The quantitative estimate of drug-likeness (QED) is 0.525. The Morgan fingerprint density at radius 3 is 2.18 bits per heavy atom. The second-order valence-corrected chi connectivity index (χ2v) is 10.8. The fraction of sp³-hybridized carbons (Fsp3) is 0.567. The molecule has 0 bridgehead atoms. The molecular formula is C30H40N2O2. The van der Waals surface area contributed by atoms with E-state index < -0.39 is 0 Å². The van der Waals surface area contributed by atoms with Crippen LogP contribution in [-0.4, -0.2) is 32.2 Å². The van der Waals surface area contributed by atoms with E-state index in [9.17, 15) is 4.79 Å². The number of carbonyl (C=O) groups is 1. The summed E-state index contributed by atoms with van der Waals surface area (Å²) in [4.78, 5) is 14.0. The highest BCUT2D eigenvalue weighted by Crippen LogP contribution is 2.49. The van der Waals surface area contributed by atoms with Crippen molar-refractivity contribution in [1.29, 1.82) is 0 Å². The summed E-state index contributed by atoms with van der Waals surface area (Å²) < 4.78 is 5.11. The summed E-state index contributed by atoms with van der Waals surface area (Å²) in [5.74, 6) is -0.116. The number of hydrogen-bond acceptors (Lipinski definition) is 4.